The fourth-order valence-electron chi connectivity index (χ4n) is 1.50. The van der Waals surface area contributed by atoms with Crippen molar-refractivity contribution in [2.45, 2.75) is 25.7 Å². The highest BCUT2D eigenvalue weighted by Crippen LogP contribution is 2.02. The maximum absolute atomic E-state index is 10.8. The first kappa shape index (κ1) is 15.3. The summed E-state index contributed by atoms with van der Waals surface area (Å²) in [4.78, 5) is 12.8. The lowest BCUT2D eigenvalue weighted by atomic mass is 10.2. The van der Waals surface area contributed by atoms with Crippen molar-refractivity contribution in [2.24, 2.45) is 0 Å². The SMILES string of the molecule is COC(=O)CCCCCN(CCO)CCO. The Hall–Kier alpha value is -0.650. The summed E-state index contributed by atoms with van der Waals surface area (Å²) in [5.74, 6) is -0.164. The topological polar surface area (TPSA) is 70.0 Å². The van der Waals surface area contributed by atoms with Crippen LogP contribution in [0.3, 0.4) is 0 Å². The highest BCUT2D eigenvalue weighted by molar-refractivity contribution is 5.68. The van der Waals surface area contributed by atoms with Crippen molar-refractivity contribution >= 4 is 5.97 Å². The molecule has 0 aromatic rings. The molecule has 5 nitrogen and oxygen atoms in total. The monoisotopic (exact) mass is 233 g/mol. The van der Waals surface area contributed by atoms with Gasteiger partial charge in [-0.25, -0.2) is 0 Å². The number of rotatable bonds is 10. The van der Waals surface area contributed by atoms with E-state index in [1.54, 1.807) is 0 Å². The Morgan fingerprint density at radius 2 is 1.69 bits per heavy atom. The number of nitrogens with zero attached hydrogens (tertiary/aromatic N) is 1. The predicted octanol–water partition coefficient (Wildman–Crippen LogP) is 0.00640. The Balaban J connectivity index is 3.42. The quantitative estimate of drug-likeness (QED) is 0.411. The smallest absolute Gasteiger partial charge is 0.305 e. The summed E-state index contributed by atoms with van der Waals surface area (Å²) in [6.07, 6.45) is 3.23. The van der Waals surface area contributed by atoms with E-state index in [9.17, 15) is 4.79 Å². The Labute approximate surface area is 97.0 Å². The van der Waals surface area contributed by atoms with Gasteiger partial charge < -0.3 is 14.9 Å². The van der Waals surface area contributed by atoms with Crippen LogP contribution in [0.4, 0.5) is 0 Å². The summed E-state index contributed by atoms with van der Waals surface area (Å²) in [5.41, 5.74) is 0. The maximum atomic E-state index is 10.8. The van der Waals surface area contributed by atoms with Crippen LogP contribution >= 0.6 is 0 Å². The number of aliphatic hydroxyl groups is 2. The molecule has 96 valence electrons. The standard InChI is InChI=1S/C11H23NO4/c1-16-11(15)5-3-2-4-6-12(7-9-13)8-10-14/h13-14H,2-10H2,1H3. The molecule has 0 rings (SSSR count). The number of hydrogen-bond acceptors (Lipinski definition) is 5. The minimum atomic E-state index is -0.164. The van der Waals surface area contributed by atoms with E-state index in [1.807, 2.05) is 4.90 Å². The van der Waals surface area contributed by atoms with Gasteiger partial charge in [0, 0.05) is 19.5 Å². The molecule has 0 aliphatic carbocycles. The van der Waals surface area contributed by atoms with Gasteiger partial charge in [0.05, 0.1) is 20.3 Å². The fourth-order valence-corrected chi connectivity index (χ4v) is 1.50. The first-order valence-corrected chi connectivity index (χ1v) is 5.75. The molecule has 0 aromatic carbocycles. The summed E-state index contributed by atoms with van der Waals surface area (Å²) in [6.45, 7) is 2.27. The minimum absolute atomic E-state index is 0.113. The highest BCUT2D eigenvalue weighted by Gasteiger charge is 2.03. The molecular weight excluding hydrogens is 210 g/mol. The zero-order valence-corrected chi connectivity index (χ0v) is 10.0. The zero-order chi connectivity index (χ0) is 12.2. The van der Waals surface area contributed by atoms with Crippen LogP contribution in [0.5, 0.6) is 0 Å². The first-order chi connectivity index (χ1) is 7.74. The molecule has 0 fully saturated rings. The Morgan fingerprint density at radius 1 is 1.06 bits per heavy atom. The van der Waals surface area contributed by atoms with Crippen molar-refractivity contribution in [3.8, 4) is 0 Å². The zero-order valence-electron chi connectivity index (χ0n) is 10.0. The van der Waals surface area contributed by atoms with Gasteiger partial charge in [0.25, 0.3) is 0 Å². The van der Waals surface area contributed by atoms with E-state index >= 15 is 0 Å². The van der Waals surface area contributed by atoms with Crippen molar-refractivity contribution in [3.63, 3.8) is 0 Å². The number of ether oxygens (including phenoxy) is 1. The second kappa shape index (κ2) is 10.9. The molecule has 0 aliphatic heterocycles. The van der Waals surface area contributed by atoms with Crippen LogP contribution in [0.1, 0.15) is 25.7 Å². The molecule has 0 saturated heterocycles. The van der Waals surface area contributed by atoms with E-state index < -0.39 is 0 Å². The third kappa shape index (κ3) is 8.64. The molecule has 0 bridgehead atoms. The molecule has 0 amide bonds. The van der Waals surface area contributed by atoms with Gasteiger partial charge in [-0.05, 0) is 19.4 Å². The summed E-state index contributed by atoms with van der Waals surface area (Å²) >= 11 is 0. The number of unbranched alkanes of at least 4 members (excludes halogenated alkanes) is 2. The number of esters is 1. The molecule has 0 saturated carbocycles. The van der Waals surface area contributed by atoms with Gasteiger partial charge in [0.15, 0.2) is 0 Å². The van der Waals surface area contributed by atoms with Gasteiger partial charge in [-0.2, -0.15) is 0 Å². The molecule has 5 heteroatoms. The Morgan fingerprint density at radius 3 is 2.19 bits per heavy atom. The largest absolute Gasteiger partial charge is 0.469 e. The third-order valence-corrected chi connectivity index (χ3v) is 2.42. The number of hydrogen-bond donors (Lipinski definition) is 2. The summed E-state index contributed by atoms with van der Waals surface area (Å²) in [5, 5.41) is 17.6. The van der Waals surface area contributed by atoms with Gasteiger partial charge in [-0.15, -0.1) is 0 Å². The van der Waals surface area contributed by atoms with Crippen molar-refractivity contribution in [1.82, 2.24) is 4.90 Å². The summed E-state index contributed by atoms with van der Waals surface area (Å²) in [6, 6.07) is 0. The fraction of sp³-hybridized carbons (Fsp3) is 0.909. The van der Waals surface area contributed by atoms with Gasteiger partial charge in [-0.1, -0.05) is 6.42 Å². The van der Waals surface area contributed by atoms with Crippen LogP contribution in [-0.2, 0) is 9.53 Å². The van der Waals surface area contributed by atoms with E-state index in [1.165, 1.54) is 7.11 Å². The molecule has 2 N–H and O–H groups in total. The molecule has 0 heterocycles. The third-order valence-electron chi connectivity index (χ3n) is 2.42. The van der Waals surface area contributed by atoms with Gasteiger partial charge in [0.2, 0.25) is 0 Å². The average Bonchev–Trinajstić information content (AvgIpc) is 2.28. The van der Waals surface area contributed by atoms with Gasteiger partial charge in [0.1, 0.15) is 0 Å². The average molecular weight is 233 g/mol. The van der Waals surface area contributed by atoms with E-state index in [0.717, 1.165) is 25.8 Å². The van der Waals surface area contributed by atoms with Crippen LogP contribution in [-0.4, -0.2) is 61.0 Å². The molecule has 0 radical (unpaired) electrons. The summed E-state index contributed by atoms with van der Waals surface area (Å²) in [7, 11) is 1.40. The minimum Gasteiger partial charge on any atom is -0.469 e. The van der Waals surface area contributed by atoms with Crippen LogP contribution in [0.15, 0.2) is 0 Å². The predicted molar refractivity (Wildman–Crippen MR) is 61.1 cm³/mol. The molecule has 0 spiro atoms. The van der Waals surface area contributed by atoms with Crippen LogP contribution < -0.4 is 0 Å². The Kier molecular flexibility index (Phi) is 10.4. The number of carbonyl (C=O) groups is 1. The first-order valence-electron chi connectivity index (χ1n) is 5.75. The lowest BCUT2D eigenvalue weighted by molar-refractivity contribution is -0.140. The normalized spacial score (nSPS) is 10.8. The highest BCUT2D eigenvalue weighted by atomic mass is 16.5. The van der Waals surface area contributed by atoms with Crippen LogP contribution in [0.2, 0.25) is 0 Å². The lowest BCUT2D eigenvalue weighted by Gasteiger charge is -2.19. The lowest BCUT2D eigenvalue weighted by Crippen LogP contribution is -2.30. The maximum Gasteiger partial charge on any atom is 0.305 e. The molecule has 0 atom stereocenters. The van der Waals surface area contributed by atoms with Gasteiger partial charge >= 0.3 is 5.97 Å². The number of aliphatic hydroxyl groups excluding tert-OH is 2. The van der Waals surface area contributed by atoms with Crippen molar-refractivity contribution in [3.05, 3.63) is 0 Å². The van der Waals surface area contributed by atoms with Crippen LogP contribution in [0.25, 0.3) is 0 Å². The van der Waals surface area contributed by atoms with E-state index in [-0.39, 0.29) is 19.2 Å². The van der Waals surface area contributed by atoms with Gasteiger partial charge in [-0.3, -0.25) is 9.69 Å². The number of methoxy groups -OCH3 is 1. The molecule has 16 heavy (non-hydrogen) atoms. The van der Waals surface area contributed by atoms with E-state index in [4.69, 9.17) is 10.2 Å². The van der Waals surface area contributed by atoms with Crippen molar-refractivity contribution in [2.75, 3.05) is 40.0 Å². The summed E-state index contributed by atoms with van der Waals surface area (Å²) < 4.78 is 4.54. The van der Waals surface area contributed by atoms with Crippen LogP contribution in [0, 0.1) is 0 Å². The molecule has 0 aliphatic rings. The van der Waals surface area contributed by atoms with E-state index in [0.29, 0.717) is 19.5 Å². The number of carbonyl (C=O) groups excluding carboxylic acids is 1. The Bertz CT molecular complexity index is 169. The molecular formula is C11H23NO4. The second-order valence-electron chi connectivity index (χ2n) is 3.68. The van der Waals surface area contributed by atoms with E-state index in [2.05, 4.69) is 4.74 Å². The van der Waals surface area contributed by atoms with Crippen molar-refractivity contribution < 1.29 is 19.7 Å². The second-order valence-corrected chi connectivity index (χ2v) is 3.68. The molecule has 0 unspecified atom stereocenters. The van der Waals surface area contributed by atoms with Crippen molar-refractivity contribution in [1.29, 1.82) is 0 Å². The molecule has 0 aromatic heterocycles.